The molecule has 1 aromatic carbocycles. The van der Waals surface area contributed by atoms with Crippen molar-refractivity contribution >= 4 is 24.9 Å². The number of hydrogen-bond acceptors (Lipinski definition) is 3. The molecule has 0 fully saturated rings. The monoisotopic (exact) mass is 266 g/mol. The Morgan fingerprint density at radius 2 is 2.20 bits per heavy atom. The second-order valence-electron chi connectivity index (χ2n) is 5.04. The molecule has 2 aromatic rings. The van der Waals surface area contributed by atoms with Gasteiger partial charge in [-0.15, -0.1) is 5.10 Å². The Kier molecular flexibility index (Phi) is 3.30. The third-order valence-electron chi connectivity index (χ3n) is 3.65. The van der Waals surface area contributed by atoms with Gasteiger partial charge in [0.2, 0.25) is 0 Å². The highest BCUT2D eigenvalue weighted by atomic mass is 16.2. The second kappa shape index (κ2) is 5.11. The van der Waals surface area contributed by atoms with E-state index in [-0.39, 0.29) is 5.91 Å². The lowest BCUT2D eigenvalue weighted by Crippen LogP contribution is -2.33. The summed E-state index contributed by atoms with van der Waals surface area (Å²) < 4.78 is 1.50. The fourth-order valence-electron chi connectivity index (χ4n) is 2.61. The van der Waals surface area contributed by atoms with Gasteiger partial charge in [-0.3, -0.25) is 4.79 Å². The SMILES string of the molecule is [B]c1ccc2c(c1)CCCCN2C(=O)c1cnnn1C. The Hall–Kier alpha value is -2.11. The maximum absolute atomic E-state index is 12.7. The van der Waals surface area contributed by atoms with Crippen molar-refractivity contribution in [1.82, 2.24) is 15.0 Å². The zero-order chi connectivity index (χ0) is 14.1. The number of hydrogen-bond donors (Lipinski definition) is 0. The summed E-state index contributed by atoms with van der Waals surface area (Å²) in [5.74, 6) is -0.0644. The molecule has 100 valence electrons. The molecule has 0 bridgehead atoms. The van der Waals surface area contributed by atoms with Crippen LogP contribution in [0, 0.1) is 0 Å². The molecule has 2 radical (unpaired) electrons. The zero-order valence-electron chi connectivity index (χ0n) is 11.4. The molecule has 0 unspecified atom stereocenters. The number of aryl methyl sites for hydroxylation is 2. The smallest absolute Gasteiger partial charge is 0.278 e. The number of nitrogens with zero attached hydrogens (tertiary/aromatic N) is 4. The van der Waals surface area contributed by atoms with E-state index in [2.05, 4.69) is 10.3 Å². The number of amides is 1. The van der Waals surface area contributed by atoms with E-state index in [1.165, 1.54) is 10.9 Å². The van der Waals surface area contributed by atoms with E-state index in [0.717, 1.165) is 36.0 Å². The molecular weight excluding hydrogens is 251 g/mol. The Labute approximate surface area is 119 Å². The van der Waals surface area contributed by atoms with Crippen LogP contribution in [0.5, 0.6) is 0 Å². The van der Waals surface area contributed by atoms with Crippen LogP contribution in [-0.2, 0) is 13.5 Å². The number of fused-ring (bicyclic) bond motifs is 1. The number of benzene rings is 1. The Morgan fingerprint density at radius 3 is 2.95 bits per heavy atom. The van der Waals surface area contributed by atoms with Gasteiger partial charge in [-0.2, -0.15) is 0 Å². The molecule has 1 aliphatic rings. The molecule has 3 rings (SSSR count). The predicted molar refractivity (Wildman–Crippen MR) is 77.4 cm³/mol. The van der Waals surface area contributed by atoms with Crippen molar-refractivity contribution in [3.8, 4) is 0 Å². The van der Waals surface area contributed by atoms with Gasteiger partial charge in [-0.1, -0.05) is 22.8 Å². The van der Waals surface area contributed by atoms with E-state index in [0.29, 0.717) is 12.2 Å². The molecule has 2 heterocycles. The van der Waals surface area contributed by atoms with Crippen LogP contribution in [0.4, 0.5) is 5.69 Å². The van der Waals surface area contributed by atoms with E-state index >= 15 is 0 Å². The number of anilines is 1. The maximum Gasteiger partial charge on any atom is 0.278 e. The van der Waals surface area contributed by atoms with Gasteiger partial charge in [0.1, 0.15) is 13.5 Å². The Bertz CT molecular complexity index is 652. The van der Waals surface area contributed by atoms with Crippen LogP contribution in [0.1, 0.15) is 28.9 Å². The third kappa shape index (κ3) is 2.22. The summed E-state index contributed by atoms with van der Waals surface area (Å²) >= 11 is 0. The number of rotatable bonds is 1. The third-order valence-corrected chi connectivity index (χ3v) is 3.65. The van der Waals surface area contributed by atoms with Gasteiger partial charge >= 0.3 is 0 Å². The van der Waals surface area contributed by atoms with Gasteiger partial charge in [0.05, 0.1) is 6.20 Å². The minimum absolute atomic E-state index is 0.0644. The second-order valence-corrected chi connectivity index (χ2v) is 5.04. The Morgan fingerprint density at radius 1 is 1.35 bits per heavy atom. The summed E-state index contributed by atoms with van der Waals surface area (Å²) in [6.07, 6.45) is 4.49. The molecular formula is C14H15BN4O. The topological polar surface area (TPSA) is 51.0 Å². The lowest BCUT2D eigenvalue weighted by molar-refractivity contribution is 0.0978. The van der Waals surface area contributed by atoms with Crippen molar-refractivity contribution in [1.29, 1.82) is 0 Å². The highest BCUT2D eigenvalue weighted by molar-refractivity contribution is 6.32. The molecule has 1 aliphatic heterocycles. The van der Waals surface area contributed by atoms with Gasteiger partial charge in [0, 0.05) is 19.3 Å². The summed E-state index contributed by atoms with van der Waals surface area (Å²) in [4.78, 5) is 14.5. The van der Waals surface area contributed by atoms with Gasteiger partial charge in [0.25, 0.3) is 5.91 Å². The average molecular weight is 266 g/mol. The highest BCUT2D eigenvalue weighted by Gasteiger charge is 2.24. The first-order chi connectivity index (χ1) is 9.66. The van der Waals surface area contributed by atoms with Crippen LogP contribution in [0.3, 0.4) is 0 Å². The van der Waals surface area contributed by atoms with E-state index in [4.69, 9.17) is 7.85 Å². The fourth-order valence-corrected chi connectivity index (χ4v) is 2.61. The fraction of sp³-hybridized carbons (Fsp3) is 0.357. The van der Waals surface area contributed by atoms with Crippen molar-refractivity contribution in [3.63, 3.8) is 0 Å². The van der Waals surface area contributed by atoms with Crippen LogP contribution in [-0.4, -0.2) is 35.3 Å². The maximum atomic E-state index is 12.7. The lowest BCUT2D eigenvalue weighted by atomic mass is 9.92. The van der Waals surface area contributed by atoms with Crippen molar-refractivity contribution < 1.29 is 4.79 Å². The van der Waals surface area contributed by atoms with Gasteiger partial charge in [-0.05, 0) is 30.9 Å². The summed E-state index contributed by atoms with van der Waals surface area (Å²) in [5, 5.41) is 7.60. The van der Waals surface area contributed by atoms with Crippen LogP contribution in [0.2, 0.25) is 0 Å². The molecule has 0 saturated carbocycles. The lowest BCUT2D eigenvalue weighted by Gasteiger charge is -2.23. The first kappa shape index (κ1) is 12.9. The summed E-state index contributed by atoms with van der Waals surface area (Å²) in [5.41, 5.74) is 3.31. The molecule has 6 heteroatoms. The van der Waals surface area contributed by atoms with Crippen molar-refractivity contribution in [2.45, 2.75) is 19.3 Å². The predicted octanol–water partition coefficient (Wildman–Crippen LogP) is 0.592. The van der Waals surface area contributed by atoms with E-state index in [1.807, 2.05) is 18.2 Å². The van der Waals surface area contributed by atoms with E-state index in [1.54, 1.807) is 11.9 Å². The molecule has 20 heavy (non-hydrogen) atoms. The first-order valence-corrected chi connectivity index (χ1v) is 6.72. The highest BCUT2D eigenvalue weighted by Crippen LogP contribution is 2.26. The van der Waals surface area contributed by atoms with E-state index < -0.39 is 0 Å². The van der Waals surface area contributed by atoms with Gasteiger partial charge in [-0.25, -0.2) is 4.68 Å². The number of aromatic nitrogens is 3. The van der Waals surface area contributed by atoms with Crippen LogP contribution >= 0.6 is 0 Å². The summed E-state index contributed by atoms with van der Waals surface area (Å²) in [7, 11) is 7.57. The minimum Gasteiger partial charge on any atom is -0.307 e. The van der Waals surface area contributed by atoms with Crippen molar-refractivity contribution in [2.75, 3.05) is 11.4 Å². The number of carbonyl (C=O) groups excluding carboxylic acids is 1. The molecule has 1 aromatic heterocycles. The van der Waals surface area contributed by atoms with Crippen molar-refractivity contribution in [3.05, 3.63) is 35.7 Å². The van der Waals surface area contributed by atoms with Crippen LogP contribution in [0.15, 0.2) is 24.4 Å². The van der Waals surface area contributed by atoms with Crippen LogP contribution < -0.4 is 10.4 Å². The normalized spacial score (nSPS) is 14.8. The number of carbonyl (C=O) groups is 1. The van der Waals surface area contributed by atoms with Gasteiger partial charge < -0.3 is 4.90 Å². The van der Waals surface area contributed by atoms with Crippen LogP contribution in [0.25, 0.3) is 0 Å². The van der Waals surface area contributed by atoms with Gasteiger partial charge in [0.15, 0.2) is 0 Å². The molecule has 0 saturated heterocycles. The average Bonchev–Trinajstić information content (AvgIpc) is 2.74. The summed E-state index contributed by atoms with van der Waals surface area (Å²) in [6, 6.07) is 5.73. The standard InChI is InChI=1S/C14H15BN4O/c1-18-13(9-16-17-18)14(20)19-7-3-2-4-10-8-11(15)5-6-12(10)19/h5-6,8-9H,2-4,7H2,1H3. The summed E-state index contributed by atoms with van der Waals surface area (Å²) in [6.45, 7) is 0.709. The molecule has 1 amide bonds. The quantitative estimate of drug-likeness (QED) is 0.710. The largest absolute Gasteiger partial charge is 0.307 e. The minimum atomic E-state index is -0.0644. The Balaban J connectivity index is 2.02. The molecule has 5 nitrogen and oxygen atoms in total. The first-order valence-electron chi connectivity index (χ1n) is 6.72. The molecule has 0 spiro atoms. The van der Waals surface area contributed by atoms with E-state index in [9.17, 15) is 4.79 Å². The molecule has 0 aliphatic carbocycles. The molecule has 0 atom stereocenters. The molecule has 0 N–H and O–H groups in total. The zero-order valence-corrected chi connectivity index (χ0v) is 11.4. The van der Waals surface area contributed by atoms with Crippen molar-refractivity contribution in [2.24, 2.45) is 7.05 Å².